The van der Waals surface area contributed by atoms with Gasteiger partial charge in [0, 0.05) is 37.0 Å². The van der Waals surface area contributed by atoms with Gasteiger partial charge in [-0.2, -0.15) is 0 Å². The van der Waals surface area contributed by atoms with Crippen LogP contribution in [0.15, 0.2) is 46.9 Å². The second-order valence-corrected chi connectivity index (χ2v) is 10.4. The molecule has 0 aliphatic heterocycles. The van der Waals surface area contributed by atoms with Gasteiger partial charge in [0.15, 0.2) is 0 Å². The highest BCUT2D eigenvalue weighted by Gasteiger charge is 2.18. The number of rotatable bonds is 9. The zero-order chi connectivity index (χ0) is 26.9. The van der Waals surface area contributed by atoms with Crippen LogP contribution in [-0.4, -0.2) is 54.1 Å². The summed E-state index contributed by atoms with van der Waals surface area (Å²) in [6, 6.07) is 7.61. The van der Waals surface area contributed by atoms with Crippen molar-refractivity contribution in [2.45, 2.75) is 52.7 Å². The first kappa shape index (κ1) is 28.6. The van der Waals surface area contributed by atoms with Crippen molar-refractivity contribution in [2.24, 2.45) is 24.3 Å². The molecule has 0 fully saturated rings. The summed E-state index contributed by atoms with van der Waals surface area (Å²) in [4.78, 5) is 26.1. The van der Waals surface area contributed by atoms with Gasteiger partial charge in [-0.15, -0.1) is 0 Å². The highest BCUT2D eigenvalue weighted by molar-refractivity contribution is 5.68. The molecule has 0 spiro atoms. The molecule has 2 amide bonds. The van der Waals surface area contributed by atoms with Crippen molar-refractivity contribution < 1.29 is 23.6 Å². The number of benzene rings is 1. The summed E-state index contributed by atoms with van der Waals surface area (Å²) < 4.78 is 14.4. The first-order valence-corrected chi connectivity index (χ1v) is 11.9. The lowest BCUT2D eigenvalue weighted by Gasteiger charge is -2.26. The van der Waals surface area contributed by atoms with E-state index in [1.165, 1.54) is 0 Å². The first-order valence-electron chi connectivity index (χ1n) is 11.9. The minimum Gasteiger partial charge on any atom is -0.444 e. The summed E-state index contributed by atoms with van der Waals surface area (Å²) in [5.74, 6) is 0.724. The Hall–Kier alpha value is -3.63. The fourth-order valence-electron chi connectivity index (χ4n) is 3.14. The van der Waals surface area contributed by atoms with Crippen LogP contribution in [0.25, 0.3) is 0 Å². The Morgan fingerprint density at radius 3 is 1.83 bits per heavy atom. The highest BCUT2D eigenvalue weighted by atomic mass is 16.6. The number of aryl methyl sites for hydroxylation is 2. The third-order valence-corrected chi connectivity index (χ3v) is 4.71. The first-order chi connectivity index (χ1) is 16.7. The van der Waals surface area contributed by atoms with E-state index in [0.717, 1.165) is 11.6 Å². The molecule has 1 heterocycles. The maximum absolute atomic E-state index is 12.0. The summed E-state index contributed by atoms with van der Waals surface area (Å²) in [6.07, 6.45) is 2.87. The van der Waals surface area contributed by atoms with Crippen LogP contribution in [0.3, 0.4) is 0 Å². The number of amides is 2. The van der Waals surface area contributed by atoms with Gasteiger partial charge in [-0.25, -0.2) is 18.7 Å². The molecule has 2 rings (SSSR count). The molecular formula is C25H40N7O4+. The SMILES string of the molecule is Cn1cc[n+](C)c1N=Nc1ccc(N(CCNC(=O)OC(C)(C)C)CCNC(=O)OC(C)(C)C)cc1. The molecule has 198 valence electrons. The maximum atomic E-state index is 12.0. The average molecular weight is 503 g/mol. The summed E-state index contributed by atoms with van der Waals surface area (Å²) >= 11 is 0. The fourth-order valence-corrected chi connectivity index (χ4v) is 3.14. The molecule has 0 unspecified atom stereocenters. The molecule has 0 atom stereocenters. The Kier molecular flexibility index (Phi) is 9.83. The maximum Gasteiger partial charge on any atom is 0.421 e. The molecule has 11 nitrogen and oxygen atoms in total. The molecular weight excluding hydrogens is 462 g/mol. The third-order valence-electron chi connectivity index (χ3n) is 4.71. The van der Waals surface area contributed by atoms with E-state index in [2.05, 4.69) is 20.9 Å². The third kappa shape index (κ3) is 10.3. The number of alkyl carbamates (subject to hydrolysis) is 2. The van der Waals surface area contributed by atoms with Gasteiger partial charge in [0.25, 0.3) is 0 Å². The number of hydrogen-bond donors (Lipinski definition) is 2. The van der Waals surface area contributed by atoms with E-state index in [0.29, 0.717) is 31.9 Å². The average Bonchev–Trinajstić information content (AvgIpc) is 3.06. The molecule has 2 aromatic rings. The number of aromatic nitrogens is 2. The molecule has 36 heavy (non-hydrogen) atoms. The number of azo groups is 1. The van der Waals surface area contributed by atoms with Crippen LogP contribution < -0.4 is 20.1 Å². The Balaban J connectivity index is 2.04. The molecule has 0 saturated heterocycles. The van der Waals surface area contributed by atoms with Crippen molar-refractivity contribution in [3.05, 3.63) is 36.7 Å². The Bertz CT molecular complexity index is 981. The minimum atomic E-state index is -0.568. The highest BCUT2D eigenvalue weighted by Crippen LogP contribution is 2.21. The van der Waals surface area contributed by atoms with Crippen molar-refractivity contribution in [1.82, 2.24) is 15.2 Å². The predicted octanol–water partition coefficient (Wildman–Crippen LogP) is 4.12. The van der Waals surface area contributed by atoms with Crippen LogP contribution in [0.2, 0.25) is 0 Å². The van der Waals surface area contributed by atoms with E-state index in [1.54, 1.807) is 0 Å². The lowest BCUT2D eigenvalue weighted by atomic mass is 10.2. The van der Waals surface area contributed by atoms with Gasteiger partial charge < -0.3 is 25.0 Å². The molecule has 0 radical (unpaired) electrons. The van der Waals surface area contributed by atoms with Gasteiger partial charge in [-0.3, -0.25) is 0 Å². The normalized spacial score (nSPS) is 11.9. The van der Waals surface area contributed by atoms with E-state index in [1.807, 2.05) is 106 Å². The summed E-state index contributed by atoms with van der Waals surface area (Å²) in [5.41, 5.74) is 0.484. The number of nitrogens with one attached hydrogen (secondary N) is 2. The van der Waals surface area contributed by atoms with Crippen LogP contribution in [0, 0.1) is 0 Å². The standard InChI is InChI=1S/C25H39N7O4/c1-24(2,3)35-22(33)26-13-15-32(16-14-27-23(34)36-25(4,5)6)20-11-9-19(10-12-20)28-29-21-30(7)17-18-31(21)8/h9-12,17-18H,13-16H2,1-8H3,(H-,26,27,33,34)/p+1. The minimum absolute atomic E-state index is 0.368. The molecule has 0 saturated carbocycles. The van der Waals surface area contributed by atoms with Crippen molar-refractivity contribution in [2.75, 3.05) is 31.1 Å². The molecule has 2 N–H and O–H groups in total. The zero-order valence-electron chi connectivity index (χ0n) is 22.7. The fraction of sp³-hybridized carbons (Fsp3) is 0.560. The van der Waals surface area contributed by atoms with Crippen LogP contribution in [-0.2, 0) is 23.6 Å². The smallest absolute Gasteiger partial charge is 0.421 e. The van der Waals surface area contributed by atoms with Crippen molar-refractivity contribution >= 4 is 29.5 Å². The van der Waals surface area contributed by atoms with E-state index >= 15 is 0 Å². The van der Waals surface area contributed by atoms with E-state index in [4.69, 9.17) is 9.47 Å². The lowest BCUT2D eigenvalue weighted by molar-refractivity contribution is -0.657. The van der Waals surface area contributed by atoms with Crippen LogP contribution in [0.4, 0.5) is 26.9 Å². The summed E-state index contributed by atoms with van der Waals surface area (Å²) in [5, 5.41) is 14.2. The molecule has 0 aliphatic rings. The van der Waals surface area contributed by atoms with Gasteiger partial charge in [0.1, 0.15) is 16.9 Å². The molecule has 11 heteroatoms. The Morgan fingerprint density at radius 2 is 1.42 bits per heavy atom. The van der Waals surface area contributed by atoms with Crippen LogP contribution >= 0.6 is 0 Å². The number of carbonyl (C=O) groups excluding carboxylic acids is 2. The number of ether oxygens (including phenoxy) is 2. The van der Waals surface area contributed by atoms with Gasteiger partial charge >= 0.3 is 18.1 Å². The zero-order valence-corrected chi connectivity index (χ0v) is 22.7. The van der Waals surface area contributed by atoms with Crippen LogP contribution in [0.5, 0.6) is 0 Å². The largest absolute Gasteiger partial charge is 0.444 e. The second kappa shape index (κ2) is 12.4. The van der Waals surface area contributed by atoms with Crippen LogP contribution in [0.1, 0.15) is 41.5 Å². The van der Waals surface area contributed by atoms with E-state index in [-0.39, 0.29) is 0 Å². The lowest BCUT2D eigenvalue weighted by Crippen LogP contribution is -2.41. The molecule has 0 bridgehead atoms. The van der Waals surface area contributed by atoms with Crippen molar-refractivity contribution in [3.8, 4) is 0 Å². The predicted molar refractivity (Wildman–Crippen MR) is 138 cm³/mol. The van der Waals surface area contributed by atoms with Crippen molar-refractivity contribution in [1.29, 1.82) is 0 Å². The Morgan fingerprint density at radius 1 is 0.917 bits per heavy atom. The quantitative estimate of drug-likeness (QED) is 0.396. The molecule has 0 aliphatic carbocycles. The monoisotopic (exact) mass is 502 g/mol. The topological polar surface area (TPSA) is 113 Å². The van der Waals surface area contributed by atoms with Gasteiger partial charge in [0.05, 0.1) is 26.5 Å². The van der Waals surface area contributed by atoms with Gasteiger partial charge in [0.2, 0.25) is 0 Å². The molecule has 1 aromatic heterocycles. The number of nitrogens with zero attached hydrogens (tertiary/aromatic N) is 5. The second-order valence-electron chi connectivity index (χ2n) is 10.4. The summed E-state index contributed by atoms with van der Waals surface area (Å²) in [7, 11) is 3.82. The number of carbonyl (C=O) groups is 2. The van der Waals surface area contributed by atoms with E-state index < -0.39 is 23.4 Å². The summed E-state index contributed by atoms with van der Waals surface area (Å²) in [6.45, 7) is 12.7. The number of hydrogen-bond acceptors (Lipinski definition) is 7. The number of anilines is 1. The van der Waals surface area contributed by atoms with Gasteiger partial charge in [-0.1, -0.05) is 5.11 Å². The van der Waals surface area contributed by atoms with Crippen molar-refractivity contribution in [3.63, 3.8) is 0 Å². The Labute approximate surface area is 213 Å². The number of imidazole rings is 1. The van der Waals surface area contributed by atoms with E-state index in [9.17, 15) is 9.59 Å². The molecule has 1 aromatic carbocycles. The van der Waals surface area contributed by atoms with Gasteiger partial charge in [-0.05, 0) is 65.8 Å².